The fraction of sp³-hybridized carbons (Fsp3) is 0.364. The van der Waals surface area contributed by atoms with Crippen molar-refractivity contribution in [1.82, 2.24) is 0 Å². The molecule has 0 amide bonds. The number of hydrogen-bond acceptors (Lipinski definition) is 1. The average Bonchev–Trinajstić information content (AvgIpc) is 2.09. The minimum atomic E-state index is 0.281. The molecule has 1 fully saturated rings. The maximum absolute atomic E-state index is 5.91. The summed E-state index contributed by atoms with van der Waals surface area (Å²) < 4.78 is 0. The minimum absolute atomic E-state index is 0.281. The molecule has 0 aliphatic heterocycles. The first-order valence-electron chi connectivity index (χ1n) is 4.52. The highest BCUT2D eigenvalue weighted by molar-refractivity contribution is 6.30. The maximum atomic E-state index is 5.91. The van der Waals surface area contributed by atoms with Gasteiger partial charge >= 0.3 is 0 Å². The van der Waals surface area contributed by atoms with Crippen LogP contribution in [-0.2, 0) is 0 Å². The van der Waals surface area contributed by atoms with Crippen molar-refractivity contribution < 1.29 is 0 Å². The lowest BCUT2D eigenvalue weighted by atomic mass is 9.67. The molecule has 1 aliphatic carbocycles. The highest BCUT2D eigenvalue weighted by Crippen LogP contribution is 2.40. The van der Waals surface area contributed by atoms with Crippen molar-refractivity contribution in [3.05, 3.63) is 41.8 Å². The second-order valence-corrected chi connectivity index (χ2v) is 4.17. The van der Waals surface area contributed by atoms with E-state index in [1.807, 2.05) is 24.3 Å². The number of halogens is 1. The van der Waals surface area contributed by atoms with Crippen LogP contribution in [0.2, 0.25) is 5.02 Å². The molecule has 1 saturated carbocycles. The van der Waals surface area contributed by atoms with E-state index in [-0.39, 0.29) is 6.04 Å². The monoisotopic (exact) mass is 194 g/mol. The van der Waals surface area contributed by atoms with Crippen molar-refractivity contribution in [2.75, 3.05) is 0 Å². The Hall–Kier alpha value is -0.530. The first-order valence-corrected chi connectivity index (χ1v) is 4.90. The SMILES string of the molecule is [CH2]C1CC(N)C1c1ccc(Cl)cc1. The van der Waals surface area contributed by atoms with Gasteiger partial charge in [-0.15, -0.1) is 0 Å². The molecule has 1 nitrogen and oxygen atoms in total. The van der Waals surface area contributed by atoms with E-state index in [0.29, 0.717) is 11.8 Å². The summed E-state index contributed by atoms with van der Waals surface area (Å²) in [5, 5.41) is 0.775. The van der Waals surface area contributed by atoms with Gasteiger partial charge in [-0.25, -0.2) is 0 Å². The predicted octanol–water partition coefficient (Wildman–Crippen LogP) is 2.60. The molecule has 1 aromatic carbocycles. The molecule has 1 radical (unpaired) electrons. The zero-order valence-electron chi connectivity index (χ0n) is 7.41. The van der Waals surface area contributed by atoms with Crippen LogP contribution in [0, 0.1) is 12.8 Å². The molecule has 1 aliphatic rings. The Labute approximate surface area is 83.9 Å². The Kier molecular flexibility index (Phi) is 2.31. The largest absolute Gasteiger partial charge is 0.327 e. The number of rotatable bonds is 1. The van der Waals surface area contributed by atoms with E-state index < -0.39 is 0 Å². The van der Waals surface area contributed by atoms with Crippen LogP contribution in [0.25, 0.3) is 0 Å². The predicted molar refractivity (Wildman–Crippen MR) is 55.6 cm³/mol. The van der Waals surface area contributed by atoms with Gasteiger partial charge in [0.05, 0.1) is 0 Å². The zero-order chi connectivity index (χ0) is 9.42. The van der Waals surface area contributed by atoms with Crippen LogP contribution in [0.1, 0.15) is 17.9 Å². The van der Waals surface area contributed by atoms with E-state index in [1.54, 1.807) is 0 Å². The Bertz CT molecular complexity index is 285. The molecular weight excluding hydrogens is 182 g/mol. The summed E-state index contributed by atoms with van der Waals surface area (Å²) in [6, 6.07) is 8.20. The Morgan fingerprint density at radius 2 is 1.92 bits per heavy atom. The van der Waals surface area contributed by atoms with E-state index in [4.69, 9.17) is 17.3 Å². The van der Waals surface area contributed by atoms with E-state index in [1.165, 1.54) is 5.56 Å². The fourth-order valence-electron chi connectivity index (χ4n) is 2.00. The van der Waals surface area contributed by atoms with Crippen molar-refractivity contribution in [3.8, 4) is 0 Å². The molecule has 0 spiro atoms. The van der Waals surface area contributed by atoms with Crippen LogP contribution in [-0.4, -0.2) is 6.04 Å². The van der Waals surface area contributed by atoms with Crippen molar-refractivity contribution in [1.29, 1.82) is 0 Å². The molecule has 1 aromatic rings. The van der Waals surface area contributed by atoms with Crippen LogP contribution < -0.4 is 5.73 Å². The average molecular weight is 195 g/mol. The van der Waals surface area contributed by atoms with Crippen LogP contribution in [0.3, 0.4) is 0 Å². The molecule has 69 valence electrons. The van der Waals surface area contributed by atoms with E-state index in [0.717, 1.165) is 11.4 Å². The van der Waals surface area contributed by atoms with E-state index in [2.05, 4.69) is 6.92 Å². The van der Waals surface area contributed by atoms with Gasteiger partial charge in [-0.2, -0.15) is 0 Å². The summed E-state index contributed by atoms with van der Waals surface area (Å²) in [5.74, 6) is 0.897. The van der Waals surface area contributed by atoms with Gasteiger partial charge in [-0.1, -0.05) is 23.7 Å². The van der Waals surface area contributed by atoms with Crippen LogP contribution in [0.5, 0.6) is 0 Å². The lowest BCUT2D eigenvalue weighted by Gasteiger charge is -2.41. The Balaban J connectivity index is 2.21. The molecule has 2 N–H and O–H groups in total. The lowest BCUT2D eigenvalue weighted by Crippen LogP contribution is -2.44. The van der Waals surface area contributed by atoms with Crippen molar-refractivity contribution in [3.63, 3.8) is 0 Å². The van der Waals surface area contributed by atoms with Gasteiger partial charge in [-0.05, 0) is 37.0 Å². The van der Waals surface area contributed by atoms with Crippen LogP contribution in [0.4, 0.5) is 0 Å². The second kappa shape index (κ2) is 3.32. The van der Waals surface area contributed by atoms with Crippen LogP contribution >= 0.6 is 11.6 Å². The summed E-state index contributed by atoms with van der Waals surface area (Å²) in [6.45, 7) is 4.06. The Morgan fingerprint density at radius 1 is 1.31 bits per heavy atom. The maximum Gasteiger partial charge on any atom is 0.0406 e. The van der Waals surface area contributed by atoms with Gasteiger partial charge in [0.25, 0.3) is 0 Å². The zero-order valence-corrected chi connectivity index (χ0v) is 8.17. The van der Waals surface area contributed by atoms with E-state index in [9.17, 15) is 0 Å². The van der Waals surface area contributed by atoms with Gasteiger partial charge in [0.2, 0.25) is 0 Å². The summed E-state index contributed by atoms with van der Waals surface area (Å²) >= 11 is 5.80. The van der Waals surface area contributed by atoms with Gasteiger partial charge < -0.3 is 5.73 Å². The van der Waals surface area contributed by atoms with Crippen molar-refractivity contribution in [2.45, 2.75) is 18.4 Å². The van der Waals surface area contributed by atoms with Gasteiger partial charge in [0.1, 0.15) is 0 Å². The van der Waals surface area contributed by atoms with Gasteiger partial charge in [-0.3, -0.25) is 0 Å². The molecule has 3 atom stereocenters. The third-order valence-electron chi connectivity index (χ3n) is 2.80. The third-order valence-corrected chi connectivity index (χ3v) is 3.05. The van der Waals surface area contributed by atoms with Crippen molar-refractivity contribution >= 4 is 11.6 Å². The third kappa shape index (κ3) is 1.59. The molecule has 0 bridgehead atoms. The lowest BCUT2D eigenvalue weighted by molar-refractivity contribution is 0.257. The molecule has 13 heavy (non-hydrogen) atoms. The standard InChI is InChI=1S/C11H13ClN/c1-7-6-10(13)11(7)8-2-4-9(12)5-3-8/h2-5,7,10-11H,1,6,13H2. The minimum Gasteiger partial charge on any atom is -0.327 e. The number of benzene rings is 1. The molecule has 0 aromatic heterocycles. The number of nitrogens with two attached hydrogens (primary N) is 1. The smallest absolute Gasteiger partial charge is 0.0406 e. The summed E-state index contributed by atoms with van der Waals surface area (Å²) in [6.07, 6.45) is 1.04. The van der Waals surface area contributed by atoms with E-state index >= 15 is 0 Å². The van der Waals surface area contributed by atoms with Gasteiger partial charge in [0, 0.05) is 17.0 Å². The molecule has 0 saturated heterocycles. The quantitative estimate of drug-likeness (QED) is 0.731. The molecule has 3 unspecified atom stereocenters. The highest BCUT2D eigenvalue weighted by atomic mass is 35.5. The molecule has 2 heteroatoms. The van der Waals surface area contributed by atoms with Gasteiger partial charge in [0.15, 0.2) is 0 Å². The molecule has 2 rings (SSSR count). The fourth-order valence-corrected chi connectivity index (χ4v) is 2.13. The first-order chi connectivity index (χ1) is 6.18. The summed E-state index contributed by atoms with van der Waals surface area (Å²) in [5.41, 5.74) is 7.18. The van der Waals surface area contributed by atoms with Crippen LogP contribution in [0.15, 0.2) is 24.3 Å². The summed E-state index contributed by atoms with van der Waals surface area (Å²) in [7, 11) is 0. The molecular formula is C11H13ClN. The topological polar surface area (TPSA) is 26.0 Å². The molecule has 0 heterocycles. The Morgan fingerprint density at radius 3 is 2.38 bits per heavy atom. The summed E-state index contributed by atoms with van der Waals surface area (Å²) in [4.78, 5) is 0. The second-order valence-electron chi connectivity index (χ2n) is 3.74. The first kappa shape index (κ1) is 9.04. The number of hydrogen-bond donors (Lipinski definition) is 1. The van der Waals surface area contributed by atoms with Crippen molar-refractivity contribution in [2.24, 2.45) is 11.7 Å². The highest BCUT2D eigenvalue weighted by Gasteiger charge is 2.36. The normalized spacial score (nSPS) is 32.7.